The van der Waals surface area contributed by atoms with Gasteiger partial charge in [0.05, 0.1) is 17.6 Å². The molecule has 1 saturated carbocycles. The van der Waals surface area contributed by atoms with Gasteiger partial charge in [-0.2, -0.15) is 5.26 Å². The maximum atomic E-state index is 9.88. The van der Waals surface area contributed by atoms with Crippen molar-refractivity contribution >= 4 is 0 Å². The Labute approximate surface area is 79.9 Å². The second-order valence-electron chi connectivity index (χ2n) is 4.36. The lowest BCUT2D eigenvalue weighted by atomic mass is 9.71. The van der Waals surface area contributed by atoms with E-state index in [9.17, 15) is 5.11 Å². The molecule has 3 atom stereocenters. The SMILES string of the molecule is C=C(C)C1CCC(C)(O)C(C#N)C1. The molecule has 1 aliphatic carbocycles. The molecule has 1 rings (SSSR count). The van der Waals surface area contributed by atoms with Gasteiger partial charge in [0, 0.05) is 0 Å². The summed E-state index contributed by atoms with van der Waals surface area (Å²) < 4.78 is 0. The van der Waals surface area contributed by atoms with E-state index in [1.807, 2.05) is 6.92 Å². The van der Waals surface area contributed by atoms with E-state index in [4.69, 9.17) is 5.26 Å². The Balaban J connectivity index is 2.70. The molecule has 0 aromatic rings. The van der Waals surface area contributed by atoms with Gasteiger partial charge in [0.25, 0.3) is 0 Å². The van der Waals surface area contributed by atoms with E-state index in [1.54, 1.807) is 6.92 Å². The van der Waals surface area contributed by atoms with Crippen LogP contribution in [-0.4, -0.2) is 10.7 Å². The number of rotatable bonds is 1. The number of hydrogen-bond donors (Lipinski definition) is 1. The Hall–Kier alpha value is -0.810. The van der Waals surface area contributed by atoms with Crippen molar-refractivity contribution in [2.45, 2.75) is 38.7 Å². The Morgan fingerprint density at radius 1 is 1.69 bits per heavy atom. The maximum Gasteiger partial charge on any atom is 0.0777 e. The van der Waals surface area contributed by atoms with Gasteiger partial charge >= 0.3 is 0 Å². The van der Waals surface area contributed by atoms with Gasteiger partial charge < -0.3 is 5.11 Å². The molecule has 13 heavy (non-hydrogen) atoms. The van der Waals surface area contributed by atoms with Crippen LogP contribution in [0.4, 0.5) is 0 Å². The lowest BCUT2D eigenvalue weighted by molar-refractivity contribution is -0.0195. The Morgan fingerprint density at radius 2 is 2.31 bits per heavy atom. The highest BCUT2D eigenvalue weighted by Crippen LogP contribution is 2.38. The molecule has 0 aromatic heterocycles. The summed E-state index contributed by atoms with van der Waals surface area (Å²) in [6.45, 7) is 7.66. The van der Waals surface area contributed by atoms with E-state index in [2.05, 4.69) is 12.6 Å². The number of nitrogens with zero attached hydrogens (tertiary/aromatic N) is 1. The molecular weight excluding hydrogens is 162 g/mol. The molecule has 1 aliphatic rings. The van der Waals surface area contributed by atoms with Crippen LogP contribution in [0.5, 0.6) is 0 Å². The van der Waals surface area contributed by atoms with Gasteiger partial charge in [-0.3, -0.25) is 0 Å². The smallest absolute Gasteiger partial charge is 0.0777 e. The fourth-order valence-electron chi connectivity index (χ4n) is 1.94. The van der Waals surface area contributed by atoms with Crippen molar-refractivity contribution in [1.29, 1.82) is 5.26 Å². The highest BCUT2D eigenvalue weighted by atomic mass is 16.3. The van der Waals surface area contributed by atoms with Crippen LogP contribution in [0.3, 0.4) is 0 Å². The van der Waals surface area contributed by atoms with Crippen LogP contribution < -0.4 is 0 Å². The van der Waals surface area contributed by atoms with Gasteiger partial charge in [0.15, 0.2) is 0 Å². The third-order valence-electron chi connectivity index (χ3n) is 3.12. The fraction of sp³-hybridized carbons (Fsp3) is 0.727. The van der Waals surface area contributed by atoms with Crippen molar-refractivity contribution < 1.29 is 5.11 Å². The quantitative estimate of drug-likeness (QED) is 0.627. The molecule has 0 saturated heterocycles. The lowest BCUT2D eigenvalue weighted by Crippen LogP contribution is -2.39. The minimum absolute atomic E-state index is 0.233. The average Bonchev–Trinajstić information content (AvgIpc) is 2.03. The summed E-state index contributed by atoms with van der Waals surface area (Å²) in [6, 6.07) is 2.19. The van der Waals surface area contributed by atoms with Crippen molar-refractivity contribution in [3.05, 3.63) is 12.2 Å². The molecule has 0 heterocycles. The summed E-state index contributed by atoms with van der Waals surface area (Å²) in [6.07, 6.45) is 2.43. The molecule has 0 aliphatic heterocycles. The van der Waals surface area contributed by atoms with E-state index >= 15 is 0 Å². The first-order valence-corrected chi connectivity index (χ1v) is 4.75. The Kier molecular flexibility index (Phi) is 2.77. The molecule has 2 heteroatoms. The second kappa shape index (κ2) is 3.51. The Bertz CT molecular complexity index is 249. The van der Waals surface area contributed by atoms with E-state index in [0.717, 1.165) is 18.4 Å². The van der Waals surface area contributed by atoms with Gasteiger partial charge in [-0.25, -0.2) is 0 Å². The summed E-state index contributed by atoms with van der Waals surface area (Å²) in [5.74, 6) is 0.188. The predicted octanol–water partition coefficient (Wildman–Crippen LogP) is 2.25. The molecule has 0 amide bonds. The number of hydrogen-bond acceptors (Lipinski definition) is 2. The molecule has 0 radical (unpaired) electrons. The molecule has 2 nitrogen and oxygen atoms in total. The van der Waals surface area contributed by atoms with E-state index in [-0.39, 0.29) is 5.92 Å². The van der Waals surface area contributed by atoms with Crippen LogP contribution in [0.2, 0.25) is 0 Å². The highest BCUT2D eigenvalue weighted by Gasteiger charge is 2.38. The second-order valence-corrected chi connectivity index (χ2v) is 4.36. The highest BCUT2D eigenvalue weighted by molar-refractivity contribution is 5.07. The summed E-state index contributed by atoms with van der Waals surface area (Å²) >= 11 is 0. The summed E-state index contributed by atoms with van der Waals surface area (Å²) in [7, 11) is 0. The molecular formula is C11H17NO. The molecule has 1 N–H and O–H groups in total. The predicted molar refractivity (Wildman–Crippen MR) is 51.9 cm³/mol. The van der Waals surface area contributed by atoms with Crippen molar-refractivity contribution in [3.8, 4) is 6.07 Å². The van der Waals surface area contributed by atoms with Crippen molar-refractivity contribution in [1.82, 2.24) is 0 Å². The number of nitriles is 1. The van der Waals surface area contributed by atoms with Crippen LogP contribution >= 0.6 is 0 Å². The standard InChI is InChI=1S/C11H17NO/c1-8(2)9-4-5-11(3,13)10(6-9)7-12/h9-10,13H,1,4-6H2,2-3H3. The monoisotopic (exact) mass is 179 g/mol. The third kappa shape index (κ3) is 2.10. The van der Waals surface area contributed by atoms with Gasteiger partial charge in [0.1, 0.15) is 0 Å². The molecule has 0 bridgehead atoms. The molecule has 3 unspecified atom stereocenters. The fourth-order valence-corrected chi connectivity index (χ4v) is 1.94. The Morgan fingerprint density at radius 3 is 2.77 bits per heavy atom. The van der Waals surface area contributed by atoms with Gasteiger partial charge in [-0.1, -0.05) is 12.2 Å². The minimum Gasteiger partial charge on any atom is -0.389 e. The maximum absolute atomic E-state index is 9.88. The first-order valence-electron chi connectivity index (χ1n) is 4.75. The molecule has 72 valence electrons. The van der Waals surface area contributed by atoms with E-state index < -0.39 is 5.60 Å². The number of aliphatic hydroxyl groups is 1. The summed E-state index contributed by atoms with van der Waals surface area (Å²) in [5.41, 5.74) is 0.344. The van der Waals surface area contributed by atoms with Crippen LogP contribution in [-0.2, 0) is 0 Å². The normalized spacial score (nSPS) is 39.5. The van der Waals surface area contributed by atoms with Crippen LogP contribution in [0.25, 0.3) is 0 Å². The first-order chi connectivity index (χ1) is 5.97. The summed E-state index contributed by atoms with van der Waals surface area (Å²) in [4.78, 5) is 0. The van der Waals surface area contributed by atoms with Crippen molar-refractivity contribution in [2.75, 3.05) is 0 Å². The minimum atomic E-state index is -0.791. The molecule has 0 spiro atoms. The largest absolute Gasteiger partial charge is 0.389 e. The zero-order chi connectivity index (χ0) is 10.1. The first kappa shape index (κ1) is 10.3. The molecule has 1 fully saturated rings. The van der Waals surface area contributed by atoms with E-state index in [0.29, 0.717) is 12.3 Å². The van der Waals surface area contributed by atoms with Crippen molar-refractivity contribution in [3.63, 3.8) is 0 Å². The molecule has 0 aromatic carbocycles. The summed E-state index contributed by atoms with van der Waals surface area (Å²) in [5, 5.41) is 18.8. The topological polar surface area (TPSA) is 44.0 Å². The van der Waals surface area contributed by atoms with Crippen LogP contribution in [0.15, 0.2) is 12.2 Å². The average molecular weight is 179 g/mol. The number of allylic oxidation sites excluding steroid dienone is 1. The van der Waals surface area contributed by atoms with Crippen LogP contribution in [0, 0.1) is 23.2 Å². The van der Waals surface area contributed by atoms with Gasteiger partial charge in [-0.15, -0.1) is 0 Å². The third-order valence-corrected chi connectivity index (χ3v) is 3.12. The van der Waals surface area contributed by atoms with Crippen LogP contribution in [0.1, 0.15) is 33.1 Å². The van der Waals surface area contributed by atoms with Gasteiger partial charge in [0.2, 0.25) is 0 Å². The van der Waals surface area contributed by atoms with Gasteiger partial charge in [-0.05, 0) is 39.0 Å². The lowest BCUT2D eigenvalue weighted by Gasteiger charge is -2.37. The van der Waals surface area contributed by atoms with E-state index in [1.165, 1.54) is 0 Å². The zero-order valence-electron chi connectivity index (χ0n) is 8.38. The van der Waals surface area contributed by atoms with Crippen molar-refractivity contribution in [2.24, 2.45) is 11.8 Å². The zero-order valence-corrected chi connectivity index (χ0v) is 8.38.